The lowest BCUT2D eigenvalue weighted by atomic mass is 10.0. The molecular weight excluding hydrogens is 363 g/mol. The van der Waals surface area contributed by atoms with Crippen LogP contribution >= 0.6 is 15.9 Å². The molecule has 22 heavy (non-hydrogen) atoms. The van der Waals surface area contributed by atoms with Crippen molar-refractivity contribution in [3.05, 3.63) is 58.1 Å². The Morgan fingerprint density at radius 1 is 1.09 bits per heavy atom. The summed E-state index contributed by atoms with van der Waals surface area (Å²) in [5, 5.41) is 2.68. The van der Waals surface area contributed by atoms with Gasteiger partial charge in [-0.2, -0.15) is 13.2 Å². The fourth-order valence-corrected chi connectivity index (χ4v) is 2.51. The van der Waals surface area contributed by atoms with Gasteiger partial charge in [0.15, 0.2) is 0 Å². The number of rotatable bonds is 1. The zero-order chi connectivity index (χ0) is 15.9. The number of amides is 1. The lowest BCUT2D eigenvalue weighted by Crippen LogP contribution is -2.30. The van der Waals surface area contributed by atoms with Gasteiger partial charge in [-0.05, 0) is 30.3 Å². The molecular formula is C15H9BrF3NO2. The minimum Gasteiger partial charge on any atom is -0.474 e. The number of benzene rings is 2. The van der Waals surface area contributed by atoms with Gasteiger partial charge in [-0.15, -0.1) is 0 Å². The molecule has 1 aliphatic rings. The number of fused-ring (bicyclic) bond motifs is 1. The zero-order valence-electron chi connectivity index (χ0n) is 10.9. The molecule has 1 amide bonds. The van der Waals surface area contributed by atoms with Crippen molar-refractivity contribution in [3.8, 4) is 5.75 Å². The van der Waals surface area contributed by atoms with Crippen molar-refractivity contribution in [1.82, 2.24) is 0 Å². The summed E-state index contributed by atoms with van der Waals surface area (Å²) in [6.45, 7) is 0. The molecule has 1 N–H and O–H groups in total. The van der Waals surface area contributed by atoms with Crippen molar-refractivity contribution < 1.29 is 22.7 Å². The number of carbonyl (C=O) groups is 1. The van der Waals surface area contributed by atoms with Crippen LogP contribution in [0.1, 0.15) is 17.2 Å². The molecule has 0 unspecified atom stereocenters. The summed E-state index contributed by atoms with van der Waals surface area (Å²) < 4.78 is 44.1. The third-order valence-corrected chi connectivity index (χ3v) is 3.72. The van der Waals surface area contributed by atoms with Gasteiger partial charge in [-0.25, -0.2) is 0 Å². The van der Waals surface area contributed by atoms with Gasteiger partial charge in [-0.1, -0.05) is 28.1 Å². The van der Waals surface area contributed by atoms with Crippen molar-refractivity contribution in [1.29, 1.82) is 0 Å². The summed E-state index contributed by atoms with van der Waals surface area (Å²) in [6, 6.07) is 9.48. The maximum Gasteiger partial charge on any atom is 0.416 e. The van der Waals surface area contributed by atoms with E-state index in [0.717, 1.165) is 16.6 Å². The van der Waals surface area contributed by atoms with Crippen LogP contribution in [0.2, 0.25) is 0 Å². The highest BCUT2D eigenvalue weighted by Crippen LogP contribution is 2.37. The van der Waals surface area contributed by atoms with E-state index in [2.05, 4.69) is 21.2 Å². The maximum atomic E-state index is 12.6. The average molecular weight is 372 g/mol. The third-order valence-electron chi connectivity index (χ3n) is 3.22. The van der Waals surface area contributed by atoms with Crippen molar-refractivity contribution in [2.75, 3.05) is 5.32 Å². The number of halogens is 4. The van der Waals surface area contributed by atoms with Crippen molar-refractivity contribution in [3.63, 3.8) is 0 Å². The predicted octanol–water partition coefficient (Wildman–Crippen LogP) is 4.54. The van der Waals surface area contributed by atoms with E-state index in [-0.39, 0.29) is 0 Å². The van der Waals surface area contributed by atoms with Gasteiger partial charge in [0.2, 0.25) is 6.10 Å². The highest BCUT2D eigenvalue weighted by atomic mass is 79.9. The van der Waals surface area contributed by atoms with Gasteiger partial charge in [0.25, 0.3) is 5.91 Å². The van der Waals surface area contributed by atoms with Gasteiger partial charge < -0.3 is 10.1 Å². The van der Waals surface area contributed by atoms with Gasteiger partial charge >= 0.3 is 6.18 Å². The molecule has 114 valence electrons. The second kappa shape index (κ2) is 5.31. The number of alkyl halides is 3. The zero-order valence-corrected chi connectivity index (χ0v) is 12.5. The van der Waals surface area contributed by atoms with Crippen LogP contribution in [0.5, 0.6) is 5.75 Å². The Morgan fingerprint density at radius 2 is 1.77 bits per heavy atom. The molecule has 0 saturated heterocycles. The highest BCUT2D eigenvalue weighted by molar-refractivity contribution is 9.10. The van der Waals surface area contributed by atoms with Gasteiger partial charge in [0.05, 0.1) is 11.3 Å². The minimum absolute atomic E-state index is 0.360. The lowest BCUT2D eigenvalue weighted by Gasteiger charge is -2.26. The molecule has 0 aromatic heterocycles. The van der Waals surface area contributed by atoms with Crippen molar-refractivity contribution in [2.45, 2.75) is 12.3 Å². The summed E-state index contributed by atoms with van der Waals surface area (Å²) in [6.07, 6.45) is -5.39. The van der Waals surface area contributed by atoms with Crippen LogP contribution in [0.25, 0.3) is 0 Å². The molecule has 3 rings (SSSR count). The van der Waals surface area contributed by atoms with Crippen LogP contribution in [0, 0.1) is 0 Å². The molecule has 1 atom stereocenters. The summed E-state index contributed by atoms with van der Waals surface area (Å²) >= 11 is 3.28. The molecule has 0 radical (unpaired) electrons. The van der Waals surface area contributed by atoms with Crippen LogP contribution in [-0.4, -0.2) is 5.91 Å². The quantitative estimate of drug-likeness (QED) is 0.798. The summed E-state index contributed by atoms with van der Waals surface area (Å²) in [4.78, 5) is 12.1. The Bertz CT molecular complexity index is 729. The number of hydrogen-bond acceptors (Lipinski definition) is 2. The Hall–Kier alpha value is -2.02. The number of carbonyl (C=O) groups excluding carboxylic acids is 1. The smallest absolute Gasteiger partial charge is 0.416 e. The molecule has 2 aromatic carbocycles. The molecule has 3 nitrogen and oxygen atoms in total. The molecule has 0 spiro atoms. The fourth-order valence-electron chi connectivity index (χ4n) is 2.15. The minimum atomic E-state index is -4.41. The van der Waals surface area contributed by atoms with Crippen LogP contribution in [0.15, 0.2) is 46.9 Å². The van der Waals surface area contributed by atoms with E-state index in [1.807, 2.05) is 0 Å². The molecule has 2 aromatic rings. The Labute approximate surface area is 132 Å². The molecule has 1 heterocycles. The van der Waals surface area contributed by atoms with E-state index in [0.29, 0.717) is 17.0 Å². The lowest BCUT2D eigenvalue weighted by molar-refractivity contribution is -0.137. The Balaban J connectivity index is 1.89. The topological polar surface area (TPSA) is 38.3 Å². The fraction of sp³-hybridized carbons (Fsp3) is 0.133. The SMILES string of the molecule is O=C1Nc2cc(Br)ccc2O[C@@H]1c1ccc(C(F)(F)F)cc1. The average Bonchev–Trinajstić information content (AvgIpc) is 2.45. The second-order valence-electron chi connectivity index (χ2n) is 4.75. The van der Waals surface area contributed by atoms with E-state index >= 15 is 0 Å². The standard InChI is InChI=1S/C15H9BrF3NO2/c16-10-5-6-12-11(7-10)20-14(21)13(22-12)8-1-3-9(4-2-8)15(17,18)19/h1-7,13H,(H,20,21)/t13-/m1/s1. The van der Waals surface area contributed by atoms with Crippen LogP contribution in [0.3, 0.4) is 0 Å². The van der Waals surface area contributed by atoms with Gasteiger partial charge in [-0.3, -0.25) is 4.79 Å². The first-order chi connectivity index (χ1) is 10.3. The number of nitrogens with one attached hydrogen (secondary N) is 1. The second-order valence-corrected chi connectivity index (χ2v) is 5.66. The highest BCUT2D eigenvalue weighted by Gasteiger charge is 2.32. The van der Waals surface area contributed by atoms with E-state index in [9.17, 15) is 18.0 Å². The molecule has 0 fully saturated rings. The Kier molecular flexibility index (Phi) is 3.60. The van der Waals surface area contributed by atoms with Gasteiger partial charge in [0.1, 0.15) is 5.75 Å². The van der Waals surface area contributed by atoms with Crippen molar-refractivity contribution in [2.24, 2.45) is 0 Å². The van der Waals surface area contributed by atoms with Crippen LogP contribution in [-0.2, 0) is 11.0 Å². The molecule has 1 aliphatic heterocycles. The van der Waals surface area contributed by atoms with E-state index < -0.39 is 23.8 Å². The van der Waals surface area contributed by atoms with E-state index in [1.165, 1.54) is 12.1 Å². The number of hydrogen-bond donors (Lipinski definition) is 1. The third kappa shape index (κ3) is 2.81. The molecule has 0 bridgehead atoms. The summed E-state index contributed by atoms with van der Waals surface area (Å²) in [5.74, 6) is 0.0399. The first kappa shape index (κ1) is 14.9. The number of anilines is 1. The van der Waals surface area contributed by atoms with E-state index in [4.69, 9.17) is 4.74 Å². The first-order valence-corrected chi connectivity index (χ1v) is 7.08. The molecule has 0 saturated carbocycles. The van der Waals surface area contributed by atoms with E-state index in [1.54, 1.807) is 18.2 Å². The van der Waals surface area contributed by atoms with Crippen molar-refractivity contribution >= 4 is 27.5 Å². The maximum absolute atomic E-state index is 12.6. The van der Waals surface area contributed by atoms with Crippen LogP contribution in [0.4, 0.5) is 18.9 Å². The Morgan fingerprint density at radius 3 is 2.41 bits per heavy atom. The summed E-state index contributed by atoms with van der Waals surface area (Å²) in [5.41, 5.74) is 0.110. The first-order valence-electron chi connectivity index (χ1n) is 6.29. The number of ether oxygens (including phenoxy) is 1. The monoisotopic (exact) mass is 371 g/mol. The summed E-state index contributed by atoms with van der Waals surface area (Å²) in [7, 11) is 0. The van der Waals surface area contributed by atoms with Crippen LogP contribution < -0.4 is 10.1 Å². The predicted molar refractivity (Wildman–Crippen MR) is 77.6 cm³/mol. The molecule has 0 aliphatic carbocycles. The normalized spacial score (nSPS) is 17.5. The van der Waals surface area contributed by atoms with Gasteiger partial charge in [0, 0.05) is 10.0 Å². The molecule has 7 heteroatoms. The largest absolute Gasteiger partial charge is 0.474 e.